The first-order valence-electron chi connectivity index (χ1n) is 6.52. The third-order valence-corrected chi connectivity index (χ3v) is 3.55. The Morgan fingerprint density at radius 1 is 1.37 bits per heavy atom. The lowest BCUT2D eigenvalue weighted by Gasteiger charge is -2.21. The van der Waals surface area contributed by atoms with Gasteiger partial charge in [-0.25, -0.2) is 4.98 Å². The maximum absolute atomic E-state index is 8.75. The van der Waals surface area contributed by atoms with Crippen LogP contribution in [0.2, 0.25) is 0 Å². The van der Waals surface area contributed by atoms with Crippen molar-refractivity contribution in [2.45, 2.75) is 25.2 Å². The van der Waals surface area contributed by atoms with E-state index in [1.54, 1.807) is 18.5 Å². The van der Waals surface area contributed by atoms with Gasteiger partial charge in [-0.05, 0) is 43.5 Å². The summed E-state index contributed by atoms with van der Waals surface area (Å²) in [5.74, 6) is 1.17. The molecule has 1 atom stereocenters. The van der Waals surface area contributed by atoms with Crippen LogP contribution < -0.4 is 4.74 Å². The third-order valence-electron chi connectivity index (χ3n) is 3.55. The van der Waals surface area contributed by atoms with Gasteiger partial charge in [0, 0.05) is 11.6 Å². The minimum absolute atomic E-state index is 0.366. The Bertz CT molecular complexity index is 595. The van der Waals surface area contributed by atoms with Gasteiger partial charge in [0.15, 0.2) is 0 Å². The maximum Gasteiger partial charge on any atom is 0.119 e. The SMILES string of the molecule is N#Cc1ccc(OCC2CCCc3[nH]cnc32)cc1. The molecule has 3 rings (SSSR count). The number of aromatic amines is 1. The average Bonchev–Trinajstić information content (AvgIpc) is 2.94. The van der Waals surface area contributed by atoms with Gasteiger partial charge in [-0.1, -0.05) is 0 Å². The molecule has 2 aromatic rings. The molecule has 0 saturated carbocycles. The number of nitriles is 1. The summed E-state index contributed by atoms with van der Waals surface area (Å²) in [5.41, 5.74) is 3.05. The molecule has 1 aromatic heterocycles. The Balaban J connectivity index is 1.66. The van der Waals surface area contributed by atoms with Crippen LogP contribution in [0.1, 0.15) is 35.7 Å². The van der Waals surface area contributed by atoms with Crippen molar-refractivity contribution in [1.82, 2.24) is 9.97 Å². The molecule has 96 valence electrons. The van der Waals surface area contributed by atoms with E-state index in [1.165, 1.54) is 12.1 Å². The fraction of sp³-hybridized carbons (Fsp3) is 0.333. The Morgan fingerprint density at radius 2 is 2.21 bits per heavy atom. The Morgan fingerprint density at radius 3 is 3.00 bits per heavy atom. The summed E-state index contributed by atoms with van der Waals surface area (Å²) in [4.78, 5) is 7.60. The van der Waals surface area contributed by atoms with Crippen molar-refractivity contribution in [3.63, 3.8) is 0 Å². The van der Waals surface area contributed by atoms with Crippen LogP contribution in [0.3, 0.4) is 0 Å². The summed E-state index contributed by atoms with van der Waals surface area (Å²) < 4.78 is 5.81. The molecule has 0 fully saturated rings. The summed E-state index contributed by atoms with van der Waals surface area (Å²) in [6.07, 6.45) is 5.15. The molecule has 0 amide bonds. The first-order chi connectivity index (χ1) is 9.36. The number of aromatic nitrogens is 2. The number of aryl methyl sites for hydroxylation is 1. The predicted molar refractivity (Wildman–Crippen MR) is 70.9 cm³/mol. The van der Waals surface area contributed by atoms with Gasteiger partial charge >= 0.3 is 0 Å². The largest absolute Gasteiger partial charge is 0.493 e. The van der Waals surface area contributed by atoms with Crippen LogP contribution in [-0.2, 0) is 6.42 Å². The van der Waals surface area contributed by atoms with Crippen LogP contribution in [0.5, 0.6) is 5.75 Å². The molecule has 1 aromatic carbocycles. The normalized spacial score (nSPS) is 17.5. The van der Waals surface area contributed by atoms with Gasteiger partial charge in [-0.15, -0.1) is 0 Å². The number of nitrogens with one attached hydrogen (secondary N) is 1. The molecule has 0 aliphatic heterocycles. The molecule has 1 heterocycles. The second-order valence-electron chi connectivity index (χ2n) is 4.80. The summed E-state index contributed by atoms with van der Waals surface area (Å²) in [7, 11) is 0. The minimum Gasteiger partial charge on any atom is -0.493 e. The van der Waals surface area contributed by atoms with E-state index in [1.807, 2.05) is 12.1 Å². The van der Waals surface area contributed by atoms with E-state index in [0.29, 0.717) is 18.1 Å². The Hall–Kier alpha value is -2.28. The Labute approximate surface area is 112 Å². The molecule has 4 heteroatoms. The second kappa shape index (κ2) is 5.15. The van der Waals surface area contributed by atoms with Crippen molar-refractivity contribution < 1.29 is 4.74 Å². The van der Waals surface area contributed by atoms with Crippen molar-refractivity contribution >= 4 is 0 Å². The first-order valence-corrected chi connectivity index (χ1v) is 6.52. The summed E-state index contributed by atoms with van der Waals surface area (Å²) in [6, 6.07) is 9.33. The zero-order valence-electron chi connectivity index (χ0n) is 10.6. The summed E-state index contributed by atoms with van der Waals surface area (Å²) >= 11 is 0. The van der Waals surface area contributed by atoms with E-state index in [0.717, 1.165) is 24.3 Å². The molecule has 1 aliphatic rings. The van der Waals surface area contributed by atoms with Crippen molar-refractivity contribution in [1.29, 1.82) is 5.26 Å². The maximum atomic E-state index is 8.75. The number of hydrogen-bond donors (Lipinski definition) is 1. The topological polar surface area (TPSA) is 61.7 Å². The number of H-pyrrole nitrogens is 1. The fourth-order valence-corrected chi connectivity index (χ4v) is 2.53. The molecule has 1 N–H and O–H groups in total. The monoisotopic (exact) mass is 253 g/mol. The lowest BCUT2D eigenvalue weighted by atomic mass is 9.90. The number of benzene rings is 1. The van der Waals surface area contributed by atoms with E-state index < -0.39 is 0 Å². The quantitative estimate of drug-likeness (QED) is 0.914. The van der Waals surface area contributed by atoms with Crippen LogP contribution in [0, 0.1) is 11.3 Å². The molecule has 0 bridgehead atoms. The van der Waals surface area contributed by atoms with Crippen molar-refractivity contribution in [3.8, 4) is 11.8 Å². The van der Waals surface area contributed by atoms with E-state index >= 15 is 0 Å². The summed E-state index contributed by atoms with van der Waals surface area (Å²) in [6.45, 7) is 0.643. The molecule has 1 aliphatic carbocycles. The number of fused-ring (bicyclic) bond motifs is 1. The van der Waals surface area contributed by atoms with Crippen LogP contribution in [0.25, 0.3) is 0 Å². The number of rotatable bonds is 3. The van der Waals surface area contributed by atoms with Gasteiger partial charge in [0.2, 0.25) is 0 Å². The highest BCUT2D eigenvalue weighted by molar-refractivity contribution is 5.34. The van der Waals surface area contributed by atoms with Gasteiger partial charge in [-0.3, -0.25) is 0 Å². The van der Waals surface area contributed by atoms with Crippen molar-refractivity contribution in [2.75, 3.05) is 6.61 Å². The molecule has 1 unspecified atom stereocenters. The molecular formula is C15H15N3O. The molecule has 0 saturated heterocycles. The van der Waals surface area contributed by atoms with Gasteiger partial charge in [0.1, 0.15) is 5.75 Å². The Kier molecular flexibility index (Phi) is 3.20. The van der Waals surface area contributed by atoms with E-state index in [9.17, 15) is 0 Å². The van der Waals surface area contributed by atoms with E-state index in [4.69, 9.17) is 10.00 Å². The number of nitrogens with zero attached hydrogens (tertiary/aromatic N) is 2. The lowest BCUT2D eigenvalue weighted by molar-refractivity contribution is 0.272. The van der Waals surface area contributed by atoms with E-state index in [2.05, 4.69) is 16.0 Å². The van der Waals surface area contributed by atoms with Crippen LogP contribution in [0.4, 0.5) is 0 Å². The molecule has 19 heavy (non-hydrogen) atoms. The average molecular weight is 253 g/mol. The standard InChI is InChI=1S/C15H15N3O/c16-8-11-4-6-13(7-5-11)19-9-12-2-1-3-14-15(12)18-10-17-14/h4-7,10,12H,1-3,9H2,(H,17,18). The summed E-state index contributed by atoms with van der Waals surface area (Å²) in [5, 5.41) is 8.75. The van der Waals surface area contributed by atoms with Gasteiger partial charge < -0.3 is 9.72 Å². The first kappa shape index (κ1) is 11.8. The molecule has 4 nitrogen and oxygen atoms in total. The zero-order valence-corrected chi connectivity index (χ0v) is 10.6. The molecule has 0 radical (unpaired) electrons. The predicted octanol–water partition coefficient (Wildman–Crippen LogP) is 2.78. The zero-order chi connectivity index (χ0) is 13.1. The fourth-order valence-electron chi connectivity index (χ4n) is 2.53. The van der Waals surface area contributed by atoms with Crippen molar-refractivity contribution in [2.24, 2.45) is 0 Å². The van der Waals surface area contributed by atoms with Crippen molar-refractivity contribution in [3.05, 3.63) is 47.5 Å². The van der Waals surface area contributed by atoms with Gasteiger partial charge in [0.05, 0.1) is 30.3 Å². The van der Waals surface area contributed by atoms with Gasteiger partial charge in [-0.2, -0.15) is 5.26 Å². The minimum atomic E-state index is 0.366. The third kappa shape index (κ3) is 2.45. The number of hydrogen-bond acceptors (Lipinski definition) is 3. The number of ether oxygens (including phenoxy) is 1. The van der Waals surface area contributed by atoms with Gasteiger partial charge in [0.25, 0.3) is 0 Å². The smallest absolute Gasteiger partial charge is 0.119 e. The van der Waals surface area contributed by atoms with Crippen LogP contribution >= 0.6 is 0 Å². The molecular weight excluding hydrogens is 238 g/mol. The van der Waals surface area contributed by atoms with Crippen LogP contribution in [-0.4, -0.2) is 16.6 Å². The lowest BCUT2D eigenvalue weighted by Crippen LogP contribution is -2.16. The highest BCUT2D eigenvalue weighted by atomic mass is 16.5. The van der Waals surface area contributed by atoms with E-state index in [-0.39, 0.29) is 0 Å². The molecule has 0 spiro atoms. The highest BCUT2D eigenvalue weighted by Crippen LogP contribution is 2.29. The van der Waals surface area contributed by atoms with Crippen LogP contribution in [0.15, 0.2) is 30.6 Å². The highest BCUT2D eigenvalue weighted by Gasteiger charge is 2.23. The second-order valence-corrected chi connectivity index (χ2v) is 4.80. The number of imidazole rings is 1.